The monoisotopic (exact) mass is 174 g/mol. The molecule has 0 bridgehead atoms. The first-order valence-corrected chi connectivity index (χ1v) is 2.13. The largest absolute Gasteiger partial charge is 0.316 e. The summed E-state index contributed by atoms with van der Waals surface area (Å²) in [5.74, 6) is 0.0370. The maximum Gasteiger partial charge on any atom is 0.132 e. The van der Waals surface area contributed by atoms with E-state index in [1.807, 2.05) is 0 Å². The third-order valence-corrected chi connectivity index (χ3v) is 0.523. The van der Waals surface area contributed by atoms with Crippen LogP contribution in [0.4, 0.5) is 0 Å². The lowest BCUT2D eigenvalue weighted by molar-refractivity contribution is -0.117. The Hall–Kier alpha value is 0.170. The van der Waals surface area contributed by atoms with Crippen LogP contribution >= 0.6 is 24.8 Å². The van der Waals surface area contributed by atoms with E-state index in [9.17, 15) is 4.79 Å². The average molecular weight is 175 g/mol. The van der Waals surface area contributed by atoms with Crippen LogP contribution in [-0.2, 0) is 4.79 Å². The van der Waals surface area contributed by atoms with Gasteiger partial charge >= 0.3 is 0 Å². The Balaban J connectivity index is -0.000000180. The Morgan fingerprint density at radius 3 is 1.78 bits per heavy atom. The molecule has 5 heteroatoms. The second-order valence-electron chi connectivity index (χ2n) is 1.57. The van der Waals surface area contributed by atoms with Gasteiger partial charge in [0.1, 0.15) is 5.78 Å². The van der Waals surface area contributed by atoms with E-state index in [2.05, 4.69) is 0 Å². The van der Waals surface area contributed by atoms with Gasteiger partial charge in [0.15, 0.2) is 0 Å². The molecular formula is C4H12Cl2N2O. The smallest absolute Gasteiger partial charge is 0.132 e. The molecule has 0 aliphatic rings. The van der Waals surface area contributed by atoms with Crippen LogP contribution in [-0.4, -0.2) is 11.9 Å². The lowest BCUT2D eigenvalue weighted by Gasteiger charge is -1.97. The number of hydrogen-bond acceptors (Lipinski definition) is 3. The molecule has 4 N–H and O–H groups in total. The molecule has 0 saturated heterocycles. The van der Waals surface area contributed by atoms with Gasteiger partial charge in [0.2, 0.25) is 0 Å². The van der Waals surface area contributed by atoms with E-state index in [0.717, 1.165) is 0 Å². The van der Waals surface area contributed by atoms with Crippen molar-refractivity contribution in [3.63, 3.8) is 0 Å². The van der Waals surface area contributed by atoms with Crippen LogP contribution in [0.2, 0.25) is 0 Å². The van der Waals surface area contributed by atoms with Crippen molar-refractivity contribution in [2.45, 2.75) is 19.5 Å². The molecule has 0 aromatic carbocycles. The van der Waals surface area contributed by atoms with E-state index in [-0.39, 0.29) is 37.0 Å². The fraction of sp³-hybridized carbons (Fsp3) is 0.750. The molecule has 0 aliphatic heterocycles. The van der Waals surface area contributed by atoms with E-state index in [1.54, 1.807) is 0 Å². The highest BCUT2D eigenvalue weighted by Crippen LogP contribution is 1.78. The first kappa shape index (κ1) is 16.1. The van der Waals surface area contributed by atoms with Crippen molar-refractivity contribution in [3.8, 4) is 0 Å². The Morgan fingerprint density at radius 1 is 1.44 bits per heavy atom. The van der Waals surface area contributed by atoms with E-state index >= 15 is 0 Å². The first-order chi connectivity index (χ1) is 3.13. The van der Waals surface area contributed by atoms with Crippen LogP contribution in [0.3, 0.4) is 0 Å². The fourth-order valence-corrected chi connectivity index (χ4v) is 0.332. The minimum atomic E-state index is -0.475. The molecule has 0 aromatic rings. The molecule has 0 unspecified atom stereocenters. The molecule has 0 spiro atoms. The van der Waals surface area contributed by atoms with Crippen LogP contribution in [0, 0.1) is 0 Å². The summed E-state index contributed by atoms with van der Waals surface area (Å²) in [6, 6.07) is 0. The zero-order valence-corrected chi connectivity index (χ0v) is 6.80. The van der Waals surface area contributed by atoms with Gasteiger partial charge in [-0.2, -0.15) is 0 Å². The maximum absolute atomic E-state index is 10.1. The Kier molecular flexibility index (Phi) is 14.6. The highest BCUT2D eigenvalue weighted by Gasteiger charge is 1.95. The summed E-state index contributed by atoms with van der Waals surface area (Å²) in [5, 5.41) is 0. The number of nitrogens with two attached hydrogens (primary N) is 2. The number of rotatable bonds is 2. The zero-order valence-electron chi connectivity index (χ0n) is 5.16. The molecule has 0 rings (SSSR count). The van der Waals surface area contributed by atoms with Crippen molar-refractivity contribution in [1.82, 2.24) is 0 Å². The van der Waals surface area contributed by atoms with Crippen LogP contribution in [0.25, 0.3) is 0 Å². The van der Waals surface area contributed by atoms with Gasteiger partial charge in [-0.25, -0.2) is 0 Å². The maximum atomic E-state index is 10.1. The molecule has 0 saturated carbocycles. The van der Waals surface area contributed by atoms with Crippen LogP contribution in [0.5, 0.6) is 0 Å². The predicted molar refractivity (Wildman–Crippen MR) is 42.0 cm³/mol. The van der Waals surface area contributed by atoms with Gasteiger partial charge in [-0.05, 0) is 6.92 Å². The fourth-order valence-electron chi connectivity index (χ4n) is 0.332. The minimum Gasteiger partial charge on any atom is -0.316 e. The number of halogens is 2. The third-order valence-electron chi connectivity index (χ3n) is 0.523. The lowest BCUT2D eigenvalue weighted by Crippen LogP contribution is -2.32. The topological polar surface area (TPSA) is 69.1 Å². The van der Waals surface area contributed by atoms with E-state index < -0.39 is 6.17 Å². The number of hydrogen-bond donors (Lipinski definition) is 2. The second-order valence-corrected chi connectivity index (χ2v) is 1.57. The molecule has 0 atom stereocenters. The normalized spacial score (nSPS) is 7.56. The van der Waals surface area contributed by atoms with Gasteiger partial charge in [0.05, 0.1) is 6.17 Å². The SMILES string of the molecule is CC(=O)CC(N)N.Cl.Cl. The number of ketones is 1. The van der Waals surface area contributed by atoms with E-state index in [4.69, 9.17) is 11.5 Å². The van der Waals surface area contributed by atoms with Crippen molar-refractivity contribution in [1.29, 1.82) is 0 Å². The van der Waals surface area contributed by atoms with E-state index in [0.29, 0.717) is 0 Å². The Morgan fingerprint density at radius 2 is 1.78 bits per heavy atom. The third kappa shape index (κ3) is 17.9. The van der Waals surface area contributed by atoms with Crippen molar-refractivity contribution >= 4 is 30.6 Å². The highest BCUT2D eigenvalue weighted by molar-refractivity contribution is 5.85. The van der Waals surface area contributed by atoms with Crippen LogP contribution in [0.1, 0.15) is 13.3 Å². The number of Topliss-reactive ketones (excluding diaryl/α,β-unsaturated/α-hetero) is 1. The first-order valence-electron chi connectivity index (χ1n) is 2.13. The van der Waals surface area contributed by atoms with Gasteiger partial charge in [0, 0.05) is 6.42 Å². The van der Waals surface area contributed by atoms with Crippen LogP contribution in [0.15, 0.2) is 0 Å². The molecule has 0 amide bonds. The summed E-state index contributed by atoms with van der Waals surface area (Å²) in [7, 11) is 0. The minimum absolute atomic E-state index is 0. The molecule has 0 aromatic heterocycles. The van der Waals surface area contributed by atoms with Gasteiger partial charge in [-0.15, -0.1) is 24.8 Å². The standard InChI is InChI=1S/C4H10N2O.2ClH/c1-3(7)2-4(5)6;;/h4H,2,5-6H2,1H3;2*1H. The van der Waals surface area contributed by atoms with Crippen molar-refractivity contribution in [2.75, 3.05) is 0 Å². The molecule has 58 valence electrons. The lowest BCUT2D eigenvalue weighted by atomic mass is 10.3. The summed E-state index contributed by atoms with van der Waals surface area (Å²) in [6.45, 7) is 1.46. The van der Waals surface area contributed by atoms with Crippen molar-refractivity contribution < 1.29 is 4.79 Å². The number of carbonyl (C=O) groups excluding carboxylic acids is 1. The number of carbonyl (C=O) groups is 1. The quantitative estimate of drug-likeness (QED) is 0.582. The predicted octanol–water partition coefficient (Wildman–Crippen LogP) is 0.0526. The molecule has 9 heavy (non-hydrogen) atoms. The summed E-state index contributed by atoms with van der Waals surface area (Å²) < 4.78 is 0. The van der Waals surface area contributed by atoms with Crippen molar-refractivity contribution in [2.24, 2.45) is 11.5 Å². The summed E-state index contributed by atoms with van der Waals surface area (Å²) >= 11 is 0. The second kappa shape index (κ2) is 8.17. The summed E-state index contributed by atoms with van der Waals surface area (Å²) in [6.07, 6.45) is -0.197. The summed E-state index contributed by atoms with van der Waals surface area (Å²) in [5.41, 5.74) is 10.1. The van der Waals surface area contributed by atoms with Crippen LogP contribution < -0.4 is 11.5 Å². The average Bonchev–Trinajstić information content (AvgIpc) is 1.27. The van der Waals surface area contributed by atoms with E-state index in [1.165, 1.54) is 6.92 Å². The zero-order chi connectivity index (χ0) is 5.86. The Bertz CT molecular complexity index is 77.0. The van der Waals surface area contributed by atoms with Gasteiger partial charge in [-0.1, -0.05) is 0 Å². The molecule has 3 nitrogen and oxygen atoms in total. The Labute approximate surface area is 67.0 Å². The molecule has 0 fully saturated rings. The molecular weight excluding hydrogens is 163 g/mol. The van der Waals surface area contributed by atoms with Gasteiger partial charge in [0.25, 0.3) is 0 Å². The van der Waals surface area contributed by atoms with Gasteiger partial charge in [-0.3, -0.25) is 4.79 Å². The van der Waals surface area contributed by atoms with Crippen molar-refractivity contribution in [3.05, 3.63) is 0 Å². The highest BCUT2D eigenvalue weighted by atomic mass is 35.5. The molecule has 0 heterocycles. The van der Waals surface area contributed by atoms with Gasteiger partial charge < -0.3 is 11.5 Å². The molecule has 0 radical (unpaired) electrons. The summed E-state index contributed by atoms with van der Waals surface area (Å²) in [4.78, 5) is 10.1. The molecule has 0 aliphatic carbocycles.